The van der Waals surface area contributed by atoms with Crippen LogP contribution >= 0.6 is 0 Å². The van der Waals surface area contributed by atoms with E-state index in [0.29, 0.717) is 18.6 Å². The van der Waals surface area contributed by atoms with Gasteiger partial charge in [0.05, 0.1) is 0 Å². The minimum atomic E-state index is 0.320. The quantitative estimate of drug-likeness (QED) is 0.735. The van der Waals surface area contributed by atoms with E-state index in [1.807, 2.05) is 0 Å². The van der Waals surface area contributed by atoms with Gasteiger partial charge in [0.15, 0.2) is 0 Å². The maximum Gasteiger partial charge on any atom is 0.0434 e. The maximum absolute atomic E-state index is 8.83. The zero-order valence-corrected chi connectivity index (χ0v) is 10.5. The van der Waals surface area contributed by atoms with Crippen LogP contribution in [-0.4, -0.2) is 24.3 Å². The zero-order valence-electron chi connectivity index (χ0n) is 10.5. The summed E-state index contributed by atoms with van der Waals surface area (Å²) in [6.07, 6.45) is 4.99. The van der Waals surface area contributed by atoms with Crippen LogP contribution in [0.15, 0.2) is 0 Å². The Morgan fingerprint density at radius 3 is 2.67 bits per heavy atom. The molecule has 0 heterocycles. The summed E-state index contributed by atoms with van der Waals surface area (Å²) in [7, 11) is 0. The predicted octanol–water partition coefficient (Wildman–Crippen LogP) is 2.42. The van der Waals surface area contributed by atoms with Gasteiger partial charge in [-0.1, -0.05) is 20.8 Å². The Labute approximate surface area is 94.5 Å². The first-order valence-electron chi connectivity index (χ1n) is 6.47. The molecule has 15 heavy (non-hydrogen) atoms. The third kappa shape index (κ3) is 4.52. The molecule has 0 saturated heterocycles. The van der Waals surface area contributed by atoms with Crippen LogP contribution in [0.2, 0.25) is 0 Å². The Balaban J connectivity index is 2.20. The summed E-state index contributed by atoms with van der Waals surface area (Å²) in [6.45, 7) is 8.31. The molecule has 0 amide bonds. The first-order chi connectivity index (χ1) is 7.13. The molecule has 4 atom stereocenters. The number of aliphatic hydroxyl groups excluding tert-OH is 1. The average molecular weight is 213 g/mol. The molecule has 0 aromatic carbocycles. The standard InChI is InChI=1S/C13H27NO/c1-10-4-5-13(12(3)8-10)14-9-11(2)6-7-15/h10-15H,4-9H2,1-3H3. The lowest BCUT2D eigenvalue weighted by Crippen LogP contribution is -2.41. The summed E-state index contributed by atoms with van der Waals surface area (Å²) in [6, 6.07) is 0.711. The highest BCUT2D eigenvalue weighted by molar-refractivity contribution is 4.81. The number of hydrogen-bond donors (Lipinski definition) is 2. The number of nitrogens with one attached hydrogen (secondary N) is 1. The van der Waals surface area contributed by atoms with E-state index < -0.39 is 0 Å². The Morgan fingerprint density at radius 1 is 1.33 bits per heavy atom. The molecule has 1 saturated carbocycles. The molecule has 2 heteroatoms. The summed E-state index contributed by atoms with van der Waals surface area (Å²) < 4.78 is 0. The van der Waals surface area contributed by atoms with Crippen LogP contribution < -0.4 is 5.32 Å². The summed E-state index contributed by atoms with van der Waals surface area (Å²) in [5, 5.41) is 12.5. The van der Waals surface area contributed by atoms with Crippen LogP contribution in [0.1, 0.15) is 46.5 Å². The van der Waals surface area contributed by atoms with E-state index in [2.05, 4.69) is 26.1 Å². The van der Waals surface area contributed by atoms with Crippen molar-refractivity contribution in [3.8, 4) is 0 Å². The van der Waals surface area contributed by atoms with Gasteiger partial charge >= 0.3 is 0 Å². The van der Waals surface area contributed by atoms with Crippen molar-refractivity contribution in [3.63, 3.8) is 0 Å². The van der Waals surface area contributed by atoms with Crippen molar-refractivity contribution in [2.75, 3.05) is 13.2 Å². The third-order valence-electron chi connectivity index (χ3n) is 3.78. The van der Waals surface area contributed by atoms with Crippen LogP contribution in [0, 0.1) is 17.8 Å². The molecule has 2 N–H and O–H groups in total. The summed E-state index contributed by atoms with van der Waals surface area (Å²) in [5.74, 6) is 2.32. The monoisotopic (exact) mass is 213 g/mol. The van der Waals surface area contributed by atoms with E-state index in [9.17, 15) is 0 Å². The Kier molecular flexibility index (Phi) is 5.62. The molecule has 0 bridgehead atoms. The van der Waals surface area contributed by atoms with E-state index >= 15 is 0 Å². The van der Waals surface area contributed by atoms with Crippen LogP contribution in [0.3, 0.4) is 0 Å². The number of rotatable bonds is 5. The van der Waals surface area contributed by atoms with E-state index in [4.69, 9.17) is 5.11 Å². The SMILES string of the molecule is CC(CCO)CNC1CCC(C)CC1C. The highest BCUT2D eigenvalue weighted by atomic mass is 16.3. The Bertz CT molecular complexity index is 172. The van der Waals surface area contributed by atoms with Gasteiger partial charge in [-0.25, -0.2) is 0 Å². The van der Waals surface area contributed by atoms with Gasteiger partial charge in [-0.3, -0.25) is 0 Å². The lowest BCUT2D eigenvalue weighted by atomic mass is 9.80. The number of aliphatic hydroxyl groups is 1. The van der Waals surface area contributed by atoms with Crippen LogP contribution in [0.4, 0.5) is 0 Å². The Morgan fingerprint density at radius 2 is 2.07 bits per heavy atom. The molecule has 0 spiro atoms. The second kappa shape index (κ2) is 6.49. The van der Waals surface area contributed by atoms with E-state index in [0.717, 1.165) is 24.8 Å². The molecule has 0 radical (unpaired) electrons. The lowest BCUT2D eigenvalue weighted by Gasteiger charge is -2.34. The van der Waals surface area contributed by atoms with E-state index in [-0.39, 0.29) is 0 Å². The summed E-state index contributed by atoms with van der Waals surface area (Å²) >= 11 is 0. The van der Waals surface area contributed by atoms with Crippen molar-refractivity contribution >= 4 is 0 Å². The highest BCUT2D eigenvalue weighted by Crippen LogP contribution is 2.28. The molecular weight excluding hydrogens is 186 g/mol. The fraction of sp³-hybridized carbons (Fsp3) is 1.00. The fourth-order valence-corrected chi connectivity index (χ4v) is 2.64. The second-order valence-electron chi connectivity index (χ2n) is 5.53. The molecule has 0 aliphatic heterocycles. The number of hydrogen-bond acceptors (Lipinski definition) is 2. The molecule has 1 aliphatic rings. The predicted molar refractivity (Wildman–Crippen MR) is 64.8 cm³/mol. The van der Waals surface area contributed by atoms with E-state index in [1.165, 1.54) is 19.3 Å². The largest absolute Gasteiger partial charge is 0.396 e. The minimum Gasteiger partial charge on any atom is -0.396 e. The Hall–Kier alpha value is -0.0800. The van der Waals surface area contributed by atoms with Crippen molar-refractivity contribution in [2.45, 2.75) is 52.5 Å². The molecule has 0 aromatic heterocycles. The molecule has 1 rings (SSSR count). The average Bonchev–Trinajstić information content (AvgIpc) is 2.17. The van der Waals surface area contributed by atoms with Gasteiger partial charge in [-0.15, -0.1) is 0 Å². The van der Waals surface area contributed by atoms with Gasteiger partial charge in [0.1, 0.15) is 0 Å². The smallest absolute Gasteiger partial charge is 0.0434 e. The highest BCUT2D eigenvalue weighted by Gasteiger charge is 2.24. The summed E-state index contributed by atoms with van der Waals surface area (Å²) in [4.78, 5) is 0. The molecular formula is C13H27NO. The van der Waals surface area contributed by atoms with Crippen LogP contribution in [0.25, 0.3) is 0 Å². The molecule has 1 aliphatic carbocycles. The van der Waals surface area contributed by atoms with Gasteiger partial charge < -0.3 is 10.4 Å². The first-order valence-corrected chi connectivity index (χ1v) is 6.47. The molecule has 2 nitrogen and oxygen atoms in total. The lowest BCUT2D eigenvalue weighted by molar-refractivity contribution is 0.212. The van der Waals surface area contributed by atoms with Crippen molar-refractivity contribution in [1.82, 2.24) is 5.32 Å². The molecule has 4 unspecified atom stereocenters. The van der Waals surface area contributed by atoms with Crippen LogP contribution in [0.5, 0.6) is 0 Å². The van der Waals surface area contributed by atoms with Gasteiger partial charge in [0.25, 0.3) is 0 Å². The van der Waals surface area contributed by atoms with Crippen LogP contribution in [-0.2, 0) is 0 Å². The summed E-state index contributed by atoms with van der Waals surface area (Å²) in [5.41, 5.74) is 0. The van der Waals surface area contributed by atoms with Gasteiger partial charge in [-0.05, 0) is 50.0 Å². The first kappa shape index (κ1) is 13.0. The minimum absolute atomic E-state index is 0.320. The molecule has 90 valence electrons. The molecule has 0 aromatic rings. The van der Waals surface area contributed by atoms with Crippen molar-refractivity contribution < 1.29 is 5.11 Å². The fourth-order valence-electron chi connectivity index (χ4n) is 2.64. The van der Waals surface area contributed by atoms with E-state index in [1.54, 1.807) is 0 Å². The van der Waals surface area contributed by atoms with Gasteiger partial charge in [-0.2, -0.15) is 0 Å². The van der Waals surface area contributed by atoms with Gasteiger partial charge in [0.2, 0.25) is 0 Å². The zero-order chi connectivity index (χ0) is 11.3. The van der Waals surface area contributed by atoms with Crippen molar-refractivity contribution in [2.24, 2.45) is 17.8 Å². The topological polar surface area (TPSA) is 32.3 Å². The second-order valence-corrected chi connectivity index (χ2v) is 5.53. The normalized spacial score (nSPS) is 34.0. The molecule has 1 fully saturated rings. The van der Waals surface area contributed by atoms with Crippen molar-refractivity contribution in [3.05, 3.63) is 0 Å². The van der Waals surface area contributed by atoms with Gasteiger partial charge in [0, 0.05) is 12.6 Å². The third-order valence-corrected chi connectivity index (χ3v) is 3.78. The maximum atomic E-state index is 8.83. The van der Waals surface area contributed by atoms with Crippen molar-refractivity contribution in [1.29, 1.82) is 0 Å².